The summed E-state index contributed by atoms with van der Waals surface area (Å²) in [4.78, 5) is 32.9. The number of nitrogens with zero attached hydrogens (tertiary/aromatic N) is 2. The first-order chi connectivity index (χ1) is 14.1. The molecule has 5 heteroatoms. The van der Waals surface area contributed by atoms with Gasteiger partial charge in [0.05, 0.1) is 12.6 Å². The molecule has 0 saturated heterocycles. The van der Waals surface area contributed by atoms with Crippen molar-refractivity contribution in [2.45, 2.75) is 83.6 Å². The maximum Gasteiger partial charge on any atom is 0.253 e. The summed E-state index contributed by atoms with van der Waals surface area (Å²) in [5, 5.41) is 1.65. The van der Waals surface area contributed by atoms with Gasteiger partial charge in [0, 0.05) is 25.6 Å². The molecule has 1 aliphatic carbocycles. The van der Waals surface area contributed by atoms with Gasteiger partial charge in [-0.1, -0.05) is 70.1 Å². The fourth-order valence-electron chi connectivity index (χ4n) is 3.87. The molecule has 0 spiro atoms. The Labute approximate surface area is 176 Å². The average molecular weight is 403 g/mol. The molecule has 0 unspecified atom stereocenters. The third kappa shape index (κ3) is 8.17. The molecule has 1 aliphatic rings. The Bertz CT molecular complexity index is 599. The Morgan fingerprint density at radius 3 is 2.38 bits per heavy atom. The Hall–Kier alpha value is -1.88. The van der Waals surface area contributed by atoms with Crippen LogP contribution in [0.25, 0.3) is 0 Å². The third-order valence-electron chi connectivity index (χ3n) is 5.67. The van der Waals surface area contributed by atoms with E-state index in [1.54, 1.807) is 17.0 Å². The molecule has 162 valence electrons. The highest BCUT2D eigenvalue weighted by Gasteiger charge is 2.26. The summed E-state index contributed by atoms with van der Waals surface area (Å²) < 4.78 is 0. The van der Waals surface area contributed by atoms with Crippen LogP contribution in [0.3, 0.4) is 0 Å². The van der Waals surface area contributed by atoms with Crippen molar-refractivity contribution < 1.29 is 14.4 Å². The van der Waals surface area contributed by atoms with Crippen molar-refractivity contribution in [1.82, 2.24) is 9.96 Å². The molecule has 29 heavy (non-hydrogen) atoms. The predicted octanol–water partition coefficient (Wildman–Crippen LogP) is 5.21. The second-order valence-corrected chi connectivity index (χ2v) is 8.10. The highest BCUT2D eigenvalue weighted by molar-refractivity contribution is 5.93. The Morgan fingerprint density at radius 1 is 1.00 bits per heavy atom. The first-order valence-electron chi connectivity index (χ1n) is 11.4. The fraction of sp³-hybridized carbons (Fsp3) is 0.667. The maximum absolute atomic E-state index is 12.8. The van der Waals surface area contributed by atoms with E-state index in [1.165, 1.54) is 25.7 Å². The normalized spacial score (nSPS) is 14.6. The summed E-state index contributed by atoms with van der Waals surface area (Å²) in [6, 6.07) is 9.44. The van der Waals surface area contributed by atoms with Crippen molar-refractivity contribution in [2.24, 2.45) is 0 Å². The van der Waals surface area contributed by atoms with E-state index in [2.05, 4.69) is 6.92 Å². The molecule has 0 aromatic heterocycles. The molecule has 2 rings (SSSR count). The van der Waals surface area contributed by atoms with Gasteiger partial charge in [-0.25, -0.2) is 5.06 Å². The smallest absolute Gasteiger partial charge is 0.253 e. The highest BCUT2D eigenvalue weighted by Crippen LogP contribution is 2.24. The van der Waals surface area contributed by atoms with Gasteiger partial charge in [0.2, 0.25) is 5.91 Å². The summed E-state index contributed by atoms with van der Waals surface area (Å²) in [5.41, 5.74) is 0.669. The van der Waals surface area contributed by atoms with Gasteiger partial charge in [0.15, 0.2) is 0 Å². The number of carbonyl (C=O) groups excluding carboxylic acids is 2. The van der Waals surface area contributed by atoms with Crippen LogP contribution in [0.15, 0.2) is 30.3 Å². The van der Waals surface area contributed by atoms with E-state index in [0.717, 1.165) is 38.5 Å². The van der Waals surface area contributed by atoms with E-state index in [0.29, 0.717) is 25.1 Å². The summed E-state index contributed by atoms with van der Waals surface area (Å²) in [7, 11) is 1.78. The van der Waals surface area contributed by atoms with E-state index >= 15 is 0 Å². The highest BCUT2D eigenvalue weighted by atomic mass is 16.7. The number of amides is 2. The van der Waals surface area contributed by atoms with Gasteiger partial charge >= 0.3 is 0 Å². The van der Waals surface area contributed by atoms with Gasteiger partial charge < -0.3 is 4.90 Å². The minimum absolute atomic E-state index is 0.0272. The predicted molar refractivity (Wildman–Crippen MR) is 116 cm³/mol. The molecule has 1 aromatic rings. The molecule has 5 nitrogen and oxygen atoms in total. The summed E-state index contributed by atoms with van der Waals surface area (Å²) >= 11 is 0. The van der Waals surface area contributed by atoms with E-state index in [-0.39, 0.29) is 17.9 Å². The van der Waals surface area contributed by atoms with Crippen molar-refractivity contribution in [3.8, 4) is 0 Å². The van der Waals surface area contributed by atoms with Gasteiger partial charge in [-0.3, -0.25) is 14.4 Å². The molecule has 0 aliphatic heterocycles. The van der Waals surface area contributed by atoms with Crippen molar-refractivity contribution in [3.63, 3.8) is 0 Å². The zero-order chi connectivity index (χ0) is 20.9. The number of benzene rings is 1. The standard InChI is InChI=1S/C24H38N2O3/c1-3-4-5-6-13-18-23(27)26(22-16-11-8-12-17-22)29-20-19-25(2)24(28)21-14-9-7-10-15-21/h7,9-10,14-15,22H,3-6,8,11-13,16-20H2,1-2H3. The lowest BCUT2D eigenvalue weighted by molar-refractivity contribution is -0.204. The number of unbranched alkanes of at least 4 members (excludes halogenated alkanes) is 4. The Morgan fingerprint density at radius 2 is 1.69 bits per heavy atom. The molecular formula is C24H38N2O3. The molecule has 2 amide bonds. The van der Waals surface area contributed by atoms with E-state index in [9.17, 15) is 9.59 Å². The molecule has 1 saturated carbocycles. The molecule has 0 radical (unpaired) electrons. The summed E-state index contributed by atoms with van der Waals surface area (Å²) in [5.74, 6) is 0.0751. The molecule has 1 fully saturated rings. The lowest BCUT2D eigenvalue weighted by Crippen LogP contribution is -2.43. The first kappa shape index (κ1) is 23.4. The van der Waals surface area contributed by atoms with Crippen molar-refractivity contribution in [1.29, 1.82) is 0 Å². The average Bonchev–Trinajstić information content (AvgIpc) is 2.77. The molecule has 0 heterocycles. The number of rotatable bonds is 12. The number of likely N-dealkylation sites (N-methyl/N-ethyl adjacent to an activating group) is 1. The number of hydrogen-bond donors (Lipinski definition) is 0. The summed E-state index contributed by atoms with van der Waals surface area (Å²) in [6.07, 6.45) is 11.8. The molecule has 0 bridgehead atoms. The van der Waals surface area contributed by atoms with Crippen LogP contribution in [0.5, 0.6) is 0 Å². The fourth-order valence-corrected chi connectivity index (χ4v) is 3.87. The van der Waals surface area contributed by atoms with Crippen molar-refractivity contribution >= 4 is 11.8 Å². The Kier molecular flexibility index (Phi) is 10.8. The number of hydroxylamine groups is 2. The number of hydrogen-bond acceptors (Lipinski definition) is 3. The monoisotopic (exact) mass is 402 g/mol. The van der Waals surface area contributed by atoms with Crippen LogP contribution in [-0.4, -0.2) is 48.0 Å². The van der Waals surface area contributed by atoms with Crippen LogP contribution in [0.1, 0.15) is 87.9 Å². The van der Waals surface area contributed by atoms with Gasteiger partial charge in [-0.2, -0.15) is 0 Å². The molecular weight excluding hydrogens is 364 g/mol. The van der Waals surface area contributed by atoms with E-state index in [1.807, 2.05) is 30.3 Å². The lowest BCUT2D eigenvalue weighted by atomic mass is 9.95. The molecule has 0 atom stereocenters. The van der Waals surface area contributed by atoms with E-state index in [4.69, 9.17) is 4.84 Å². The second kappa shape index (κ2) is 13.4. The molecule has 1 aromatic carbocycles. The lowest BCUT2D eigenvalue weighted by Gasteiger charge is -2.33. The summed E-state index contributed by atoms with van der Waals surface area (Å²) in [6.45, 7) is 3.00. The van der Waals surface area contributed by atoms with E-state index < -0.39 is 0 Å². The number of carbonyl (C=O) groups is 2. The SMILES string of the molecule is CCCCCCCC(=O)N(OCCN(C)C(=O)c1ccccc1)C1CCCCC1. The van der Waals surface area contributed by atoms with Crippen LogP contribution < -0.4 is 0 Å². The maximum atomic E-state index is 12.8. The van der Waals surface area contributed by atoms with Crippen molar-refractivity contribution in [2.75, 3.05) is 20.2 Å². The van der Waals surface area contributed by atoms with Gasteiger partial charge in [0.25, 0.3) is 5.91 Å². The second-order valence-electron chi connectivity index (χ2n) is 8.10. The van der Waals surface area contributed by atoms with Gasteiger partial charge in [-0.15, -0.1) is 0 Å². The largest absolute Gasteiger partial charge is 0.339 e. The minimum atomic E-state index is -0.0272. The van der Waals surface area contributed by atoms with Crippen LogP contribution >= 0.6 is 0 Å². The third-order valence-corrected chi connectivity index (χ3v) is 5.67. The van der Waals surface area contributed by atoms with Crippen LogP contribution in [0.2, 0.25) is 0 Å². The zero-order valence-corrected chi connectivity index (χ0v) is 18.3. The Balaban J connectivity index is 1.83. The van der Waals surface area contributed by atoms with Gasteiger partial charge in [-0.05, 0) is 31.4 Å². The van der Waals surface area contributed by atoms with Crippen LogP contribution in [0.4, 0.5) is 0 Å². The van der Waals surface area contributed by atoms with Crippen LogP contribution in [-0.2, 0) is 9.63 Å². The van der Waals surface area contributed by atoms with Crippen molar-refractivity contribution in [3.05, 3.63) is 35.9 Å². The molecule has 0 N–H and O–H groups in total. The first-order valence-corrected chi connectivity index (χ1v) is 11.4. The topological polar surface area (TPSA) is 49.9 Å². The minimum Gasteiger partial charge on any atom is -0.339 e. The van der Waals surface area contributed by atoms with Gasteiger partial charge in [0.1, 0.15) is 0 Å². The quantitative estimate of drug-likeness (QED) is 0.356. The van der Waals surface area contributed by atoms with Crippen LogP contribution in [0, 0.1) is 0 Å². The zero-order valence-electron chi connectivity index (χ0n) is 18.3.